The standard InChI is InChI=1S/C16H13N3OS/c1-11(20)18-16-19-15(10-21-16)13-5-2-4-12(8-13)14-6-3-7-17-9-14/h2-10H,1H3,(H,18,19,20). The average molecular weight is 295 g/mol. The largest absolute Gasteiger partial charge is 0.302 e. The summed E-state index contributed by atoms with van der Waals surface area (Å²) in [7, 11) is 0. The molecule has 0 aliphatic rings. The maximum absolute atomic E-state index is 11.0. The van der Waals surface area contributed by atoms with Gasteiger partial charge in [0, 0.05) is 35.8 Å². The topological polar surface area (TPSA) is 54.9 Å². The molecule has 5 heteroatoms. The molecule has 3 rings (SSSR count). The summed E-state index contributed by atoms with van der Waals surface area (Å²) in [4.78, 5) is 19.6. The minimum Gasteiger partial charge on any atom is -0.302 e. The summed E-state index contributed by atoms with van der Waals surface area (Å²) < 4.78 is 0. The van der Waals surface area contributed by atoms with Gasteiger partial charge in [0.05, 0.1) is 5.69 Å². The maximum Gasteiger partial charge on any atom is 0.223 e. The molecule has 2 aromatic heterocycles. The molecule has 1 aromatic carbocycles. The fourth-order valence-electron chi connectivity index (χ4n) is 2.01. The van der Waals surface area contributed by atoms with E-state index in [1.165, 1.54) is 18.3 Å². The summed E-state index contributed by atoms with van der Waals surface area (Å²) in [6, 6.07) is 12.1. The Morgan fingerprint density at radius 3 is 2.71 bits per heavy atom. The van der Waals surface area contributed by atoms with Crippen molar-refractivity contribution in [3.8, 4) is 22.4 Å². The van der Waals surface area contributed by atoms with Crippen molar-refractivity contribution in [2.24, 2.45) is 0 Å². The quantitative estimate of drug-likeness (QED) is 0.799. The number of carbonyl (C=O) groups excluding carboxylic acids is 1. The Morgan fingerprint density at radius 1 is 1.14 bits per heavy atom. The van der Waals surface area contributed by atoms with Gasteiger partial charge in [0.2, 0.25) is 5.91 Å². The van der Waals surface area contributed by atoms with E-state index in [-0.39, 0.29) is 5.91 Å². The number of benzene rings is 1. The van der Waals surface area contributed by atoms with E-state index >= 15 is 0 Å². The van der Waals surface area contributed by atoms with Gasteiger partial charge in [-0.3, -0.25) is 9.78 Å². The minimum atomic E-state index is -0.111. The molecule has 0 atom stereocenters. The molecule has 0 bridgehead atoms. The maximum atomic E-state index is 11.0. The zero-order valence-corrected chi connectivity index (χ0v) is 12.2. The number of amides is 1. The first-order chi connectivity index (χ1) is 10.2. The molecule has 3 aromatic rings. The van der Waals surface area contributed by atoms with Crippen LogP contribution < -0.4 is 5.32 Å². The smallest absolute Gasteiger partial charge is 0.223 e. The molecule has 0 fully saturated rings. The molecule has 1 amide bonds. The van der Waals surface area contributed by atoms with Gasteiger partial charge in [-0.15, -0.1) is 11.3 Å². The van der Waals surface area contributed by atoms with Crippen LogP contribution >= 0.6 is 11.3 Å². The number of thiazole rings is 1. The highest BCUT2D eigenvalue weighted by atomic mass is 32.1. The van der Waals surface area contributed by atoms with E-state index < -0.39 is 0 Å². The van der Waals surface area contributed by atoms with E-state index in [9.17, 15) is 4.79 Å². The average Bonchev–Trinajstić information content (AvgIpc) is 2.96. The molecular weight excluding hydrogens is 282 g/mol. The zero-order valence-electron chi connectivity index (χ0n) is 11.4. The van der Waals surface area contributed by atoms with Crippen molar-refractivity contribution >= 4 is 22.4 Å². The summed E-state index contributed by atoms with van der Waals surface area (Å²) >= 11 is 1.42. The van der Waals surface area contributed by atoms with Crippen LogP contribution in [0.4, 0.5) is 5.13 Å². The first kappa shape index (κ1) is 13.5. The van der Waals surface area contributed by atoms with Crippen LogP contribution in [0.1, 0.15) is 6.92 Å². The summed E-state index contributed by atoms with van der Waals surface area (Å²) in [6.45, 7) is 1.48. The van der Waals surface area contributed by atoms with E-state index in [0.29, 0.717) is 5.13 Å². The zero-order chi connectivity index (χ0) is 14.7. The second-order valence-corrected chi connectivity index (χ2v) is 5.40. The van der Waals surface area contributed by atoms with Gasteiger partial charge in [-0.1, -0.05) is 24.3 Å². The molecule has 0 spiro atoms. The highest BCUT2D eigenvalue weighted by Gasteiger charge is 2.07. The van der Waals surface area contributed by atoms with Crippen molar-refractivity contribution in [3.63, 3.8) is 0 Å². The van der Waals surface area contributed by atoms with Crippen molar-refractivity contribution in [1.29, 1.82) is 0 Å². The third-order valence-electron chi connectivity index (χ3n) is 2.94. The number of hydrogen-bond acceptors (Lipinski definition) is 4. The van der Waals surface area contributed by atoms with E-state index in [2.05, 4.69) is 21.4 Å². The molecular formula is C16H13N3OS. The lowest BCUT2D eigenvalue weighted by molar-refractivity contribution is -0.114. The fourth-order valence-corrected chi connectivity index (χ4v) is 2.77. The molecule has 4 nitrogen and oxygen atoms in total. The summed E-state index contributed by atoms with van der Waals surface area (Å²) in [5.74, 6) is -0.111. The highest BCUT2D eigenvalue weighted by molar-refractivity contribution is 7.14. The molecule has 1 N–H and O–H groups in total. The van der Waals surface area contributed by atoms with E-state index in [1.54, 1.807) is 6.20 Å². The summed E-state index contributed by atoms with van der Waals surface area (Å²) in [5.41, 5.74) is 4.03. The normalized spacial score (nSPS) is 10.3. The van der Waals surface area contributed by atoms with Crippen molar-refractivity contribution in [3.05, 3.63) is 54.2 Å². The first-order valence-corrected chi connectivity index (χ1v) is 7.34. The Bertz CT molecular complexity index is 768. The van der Waals surface area contributed by atoms with Crippen LogP contribution in [0, 0.1) is 0 Å². The summed E-state index contributed by atoms with van der Waals surface area (Å²) in [6.07, 6.45) is 3.59. The molecule has 21 heavy (non-hydrogen) atoms. The van der Waals surface area contributed by atoms with Gasteiger partial charge in [-0.2, -0.15) is 0 Å². The Hall–Kier alpha value is -2.53. The van der Waals surface area contributed by atoms with Gasteiger partial charge in [0.15, 0.2) is 5.13 Å². The van der Waals surface area contributed by atoms with Crippen LogP contribution in [-0.2, 0) is 4.79 Å². The van der Waals surface area contributed by atoms with Crippen LogP contribution in [0.2, 0.25) is 0 Å². The fraction of sp³-hybridized carbons (Fsp3) is 0.0625. The van der Waals surface area contributed by atoms with Crippen LogP contribution in [-0.4, -0.2) is 15.9 Å². The SMILES string of the molecule is CC(=O)Nc1nc(-c2cccc(-c3cccnc3)c2)cs1. The number of anilines is 1. The van der Waals surface area contributed by atoms with Crippen molar-refractivity contribution in [2.45, 2.75) is 6.92 Å². The van der Waals surface area contributed by atoms with Crippen LogP contribution in [0.15, 0.2) is 54.2 Å². The van der Waals surface area contributed by atoms with Crippen molar-refractivity contribution in [2.75, 3.05) is 5.32 Å². The van der Waals surface area contributed by atoms with Crippen LogP contribution in [0.25, 0.3) is 22.4 Å². The molecule has 0 aliphatic carbocycles. The van der Waals surface area contributed by atoms with Crippen molar-refractivity contribution < 1.29 is 4.79 Å². The Kier molecular flexibility index (Phi) is 3.75. The molecule has 0 saturated heterocycles. The predicted octanol–water partition coefficient (Wildman–Crippen LogP) is 3.83. The number of nitrogens with zero attached hydrogens (tertiary/aromatic N) is 2. The molecule has 0 aliphatic heterocycles. The number of carbonyl (C=O) groups is 1. The second kappa shape index (κ2) is 5.85. The molecule has 0 radical (unpaired) electrons. The van der Waals surface area contributed by atoms with Gasteiger partial charge in [0.25, 0.3) is 0 Å². The van der Waals surface area contributed by atoms with Gasteiger partial charge in [-0.05, 0) is 17.7 Å². The van der Waals surface area contributed by atoms with Gasteiger partial charge >= 0.3 is 0 Å². The number of aromatic nitrogens is 2. The Balaban J connectivity index is 1.93. The number of nitrogens with one attached hydrogen (secondary N) is 1. The molecule has 0 unspecified atom stereocenters. The highest BCUT2D eigenvalue weighted by Crippen LogP contribution is 2.28. The van der Waals surface area contributed by atoms with E-state index in [1.807, 2.05) is 41.9 Å². The number of pyridine rings is 1. The molecule has 0 saturated carbocycles. The molecule has 2 heterocycles. The van der Waals surface area contributed by atoms with Gasteiger partial charge < -0.3 is 5.32 Å². The Morgan fingerprint density at radius 2 is 1.95 bits per heavy atom. The predicted molar refractivity (Wildman–Crippen MR) is 85.1 cm³/mol. The van der Waals surface area contributed by atoms with E-state index in [4.69, 9.17) is 0 Å². The van der Waals surface area contributed by atoms with Gasteiger partial charge in [0.1, 0.15) is 0 Å². The second-order valence-electron chi connectivity index (χ2n) is 4.54. The van der Waals surface area contributed by atoms with E-state index in [0.717, 1.165) is 22.4 Å². The van der Waals surface area contributed by atoms with Crippen LogP contribution in [0.3, 0.4) is 0 Å². The first-order valence-electron chi connectivity index (χ1n) is 6.46. The Labute approximate surface area is 126 Å². The molecule has 104 valence electrons. The lowest BCUT2D eigenvalue weighted by Gasteiger charge is -2.03. The monoisotopic (exact) mass is 295 g/mol. The lowest BCUT2D eigenvalue weighted by Crippen LogP contribution is -2.04. The van der Waals surface area contributed by atoms with Crippen LogP contribution in [0.5, 0.6) is 0 Å². The summed E-state index contributed by atoms with van der Waals surface area (Å²) in [5, 5.41) is 5.25. The third-order valence-corrected chi connectivity index (χ3v) is 3.70. The van der Waals surface area contributed by atoms with Crippen molar-refractivity contribution in [1.82, 2.24) is 9.97 Å². The number of rotatable bonds is 3. The lowest BCUT2D eigenvalue weighted by atomic mass is 10.0. The third kappa shape index (κ3) is 3.14. The minimum absolute atomic E-state index is 0.111. The number of hydrogen-bond donors (Lipinski definition) is 1. The van der Waals surface area contributed by atoms with Gasteiger partial charge in [-0.25, -0.2) is 4.98 Å².